The molecular formula is C15H18N2O2S. The molecule has 20 heavy (non-hydrogen) atoms. The number of hydrogen-bond donors (Lipinski definition) is 2. The van der Waals surface area contributed by atoms with E-state index in [0.717, 1.165) is 16.7 Å². The summed E-state index contributed by atoms with van der Waals surface area (Å²) in [5.74, 6) is 0. The summed E-state index contributed by atoms with van der Waals surface area (Å²) in [6, 6.07) is 12.5. The Bertz CT molecular complexity index is 724. The van der Waals surface area contributed by atoms with Gasteiger partial charge < -0.3 is 5.73 Å². The average Bonchev–Trinajstić information content (AvgIpc) is 2.37. The Labute approximate surface area is 119 Å². The lowest BCUT2D eigenvalue weighted by Crippen LogP contribution is -2.24. The quantitative estimate of drug-likeness (QED) is 0.849. The Kier molecular flexibility index (Phi) is 4.11. The minimum atomic E-state index is -3.53. The van der Waals surface area contributed by atoms with Crippen molar-refractivity contribution in [3.05, 3.63) is 59.2 Å². The standard InChI is InChI=1S/C15H18N2O2S/c1-11-7-8-15(12(2)9-11)20(18,19)17-10-13-5-3-4-6-14(13)16/h3-9,17H,10,16H2,1-2H3. The number of nitrogens with two attached hydrogens (primary N) is 1. The van der Waals surface area contributed by atoms with Gasteiger partial charge in [-0.3, -0.25) is 0 Å². The van der Waals surface area contributed by atoms with Crippen LogP contribution in [0.4, 0.5) is 5.69 Å². The van der Waals surface area contributed by atoms with Crippen LogP contribution in [0.5, 0.6) is 0 Å². The van der Waals surface area contributed by atoms with Crippen molar-refractivity contribution in [2.75, 3.05) is 5.73 Å². The lowest BCUT2D eigenvalue weighted by molar-refractivity contribution is 0.581. The van der Waals surface area contributed by atoms with Crippen LogP contribution in [0.1, 0.15) is 16.7 Å². The van der Waals surface area contributed by atoms with Crippen molar-refractivity contribution in [2.24, 2.45) is 0 Å². The van der Waals surface area contributed by atoms with Gasteiger partial charge in [0.15, 0.2) is 0 Å². The first-order valence-electron chi connectivity index (χ1n) is 6.30. The summed E-state index contributed by atoms with van der Waals surface area (Å²) in [6.45, 7) is 3.91. The van der Waals surface area contributed by atoms with Crippen LogP contribution in [0.15, 0.2) is 47.4 Å². The molecule has 0 aliphatic heterocycles. The van der Waals surface area contributed by atoms with Gasteiger partial charge in [0.1, 0.15) is 0 Å². The Hall–Kier alpha value is -1.85. The molecule has 5 heteroatoms. The van der Waals surface area contributed by atoms with E-state index in [0.29, 0.717) is 10.6 Å². The van der Waals surface area contributed by atoms with Gasteiger partial charge in [0.2, 0.25) is 10.0 Å². The van der Waals surface area contributed by atoms with E-state index < -0.39 is 10.0 Å². The zero-order valence-corrected chi connectivity index (χ0v) is 12.4. The molecule has 0 radical (unpaired) electrons. The zero-order chi connectivity index (χ0) is 14.8. The van der Waals surface area contributed by atoms with E-state index in [4.69, 9.17) is 5.73 Å². The van der Waals surface area contributed by atoms with Gasteiger partial charge in [0, 0.05) is 12.2 Å². The van der Waals surface area contributed by atoms with E-state index in [1.807, 2.05) is 25.1 Å². The molecule has 0 fully saturated rings. The molecule has 2 aromatic rings. The number of para-hydroxylation sites is 1. The van der Waals surface area contributed by atoms with Crippen LogP contribution >= 0.6 is 0 Å². The molecule has 0 atom stereocenters. The Balaban J connectivity index is 2.22. The summed E-state index contributed by atoms with van der Waals surface area (Å²) in [5.41, 5.74) is 8.92. The molecule has 0 saturated heterocycles. The smallest absolute Gasteiger partial charge is 0.241 e. The highest BCUT2D eigenvalue weighted by Gasteiger charge is 2.16. The second-order valence-corrected chi connectivity index (χ2v) is 6.53. The van der Waals surface area contributed by atoms with E-state index in [1.165, 1.54) is 0 Å². The maximum Gasteiger partial charge on any atom is 0.241 e. The third-order valence-corrected chi connectivity index (χ3v) is 4.69. The molecule has 0 aliphatic carbocycles. The van der Waals surface area contributed by atoms with Crippen molar-refractivity contribution < 1.29 is 8.42 Å². The Morgan fingerprint density at radius 1 is 1.10 bits per heavy atom. The van der Waals surface area contributed by atoms with Crippen molar-refractivity contribution >= 4 is 15.7 Å². The van der Waals surface area contributed by atoms with E-state index in [9.17, 15) is 8.42 Å². The highest BCUT2D eigenvalue weighted by atomic mass is 32.2. The highest BCUT2D eigenvalue weighted by molar-refractivity contribution is 7.89. The molecule has 0 saturated carbocycles. The Morgan fingerprint density at radius 2 is 1.80 bits per heavy atom. The first kappa shape index (κ1) is 14.6. The molecule has 0 heterocycles. The van der Waals surface area contributed by atoms with Crippen LogP contribution in [-0.4, -0.2) is 8.42 Å². The number of hydrogen-bond acceptors (Lipinski definition) is 3. The topological polar surface area (TPSA) is 72.2 Å². The summed E-state index contributed by atoms with van der Waals surface area (Å²) < 4.78 is 27.2. The van der Waals surface area contributed by atoms with E-state index >= 15 is 0 Å². The summed E-state index contributed by atoms with van der Waals surface area (Å²) in [7, 11) is -3.53. The van der Waals surface area contributed by atoms with Gasteiger partial charge in [-0.2, -0.15) is 0 Å². The maximum absolute atomic E-state index is 12.3. The number of rotatable bonds is 4. The minimum absolute atomic E-state index is 0.183. The lowest BCUT2D eigenvalue weighted by atomic mass is 10.2. The summed E-state index contributed by atoms with van der Waals surface area (Å²) >= 11 is 0. The number of benzene rings is 2. The van der Waals surface area contributed by atoms with Crippen LogP contribution in [0.2, 0.25) is 0 Å². The normalized spacial score (nSPS) is 11.5. The van der Waals surface area contributed by atoms with Crippen LogP contribution in [0, 0.1) is 13.8 Å². The second kappa shape index (κ2) is 5.64. The number of nitrogen functional groups attached to an aromatic ring is 1. The molecular weight excluding hydrogens is 272 g/mol. The fourth-order valence-corrected chi connectivity index (χ4v) is 3.28. The SMILES string of the molecule is Cc1ccc(S(=O)(=O)NCc2ccccc2N)c(C)c1. The molecule has 0 amide bonds. The first-order valence-corrected chi connectivity index (χ1v) is 7.79. The molecule has 2 rings (SSSR count). The Morgan fingerprint density at radius 3 is 2.45 bits per heavy atom. The van der Waals surface area contributed by atoms with Crippen LogP contribution < -0.4 is 10.5 Å². The molecule has 2 aromatic carbocycles. The fraction of sp³-hybridized carbons (Fsp3) is 0.200. The number of anilines is 1. The van der Waals surface area contributed by atoms with Gasteiger partial charge in [-0.25, -0.2) is 13.1 Å². The van der Waals surface area contributed by atoms with Gasteiger partial charge in [0.25, 0.3) is 0 Å². The highest BCUT2D eigenvalue weighted by Crippen LogP contribution is 2.17. The molecule has 106 valence electrons. The van der Waals surface area contributed by atoms with Crippen LogP contribution in [-0.2, 0) is 16.6 Å². The molecule has 0 unspecified atom stereocenters. The van der Waals surface area contributed by atoms with Crippen molar-refractivity contribution in [3.63, 3.8) is 0 Å². The molecule has 3 N–H and O–H groups in total. The summed E-state index contributed by atoms with van der Waals surface area (Å²) in [5, 5.41) is 0. The van der Waals surface area contributed by atoms with E-state index in [1.54, 1.807) is 31.2 Å². The third kappa shape index (κ3) is 3.18. The van der Waals surface area contributed by atoms with Gasteiger partial charge >= 0.3 is 0 Å². The van der Waals surface area contributed by atoms with Crippen molar-refractivity contribution in [2.45, 2.75) is 25.3 Å². The number of nitrogens with one attached hydrogen (secondary N) is 1. The monoisotopic (exact) mass is 290 g/mol. The molecule has 4 nitrogen and oxygen atoms in total. The summed E-state index contributed by atoms with van der Waals surface area (Å²) in [6.07, 6.45) is 0. The van der Waals surface area contributed by atoms with E-state index in [-0.39, 0.29) is 6.54 Å². The minimum Gasteiger partial charge on any atom is -0.398 e. The average molecular weight is 290 g/mol. The van der Waals surface area contributed by atoms with Crippen molar-refractivity contribution in [1.82, 2.24) is 4.72 Å². The van der Waals surface area contributed by atoms with E-state index in [2.05, 4.69) is 4.72 Å². The third-order valence-electron chi connectivity index (χ3n) is 3.13. The largest absolute Gasteiger partial charge is 0.398 e. The summed E-state index contributed by atoms with van der Waals surface area (Å²) in [4.78, 5) is 0.303. The molecule has 0 spiro atoms. The predicted molar refractivity (Wildman–Crippen MR) is 80.8 cm³/mol. The van der Waals surface area contributed by atoms with Gasteiger partial charge in [0.05, 0.1) is 4.90 Å². The molecule has 0 bridgehead atoms. The fourth-order valence-electron chi connectivity index (χ4n) is 2.05. The molecule has 0 aromatic heterocycles. The van der Waals surface area contributed by atoms with Gasteiger partial charge in [-0.05, 0) is 37.1 Å². The number of aryl methyl sites for hydroxylation is 2. The van der Waals surface area contributed by atoms with Crippen LogP contribution in [0.25, 0.3) is 0 Å². The zero-order valence-electron chi connectivity index (χ0n) is 11.6. The maximum atomic E-state index is 12.3. The second-order valence-electron chi connectivity index (χ2n) is 4.79. The lowest BCUT2D eigenvalue weighted by Gasteiger charge is -2.11. The molecule has 0 aliphatic rings. The van der Waals surface area contributed by atoms with Gasteiger partial charge in [-0.15, -0.1) is 0 Å². The van der Waals surface area contributed by atoms with Gasteiger partial charge in [-0.1, -0.05) is 35.9 Å². The predicted octanol–water partition coefficient (Wildman–Crippen LogP) is 2.36. The first-order chi connectivity index (χ1) is 9.40. The van der Waals surface area contributed by atoms with Crippen molar-refractivity contribution in [3.8, 4) is 0 Å². The number of sulfonamides is 1. The van der Waals surface area contributed by atoms with Crippen molar-refractivity contribution in [1.29, 1.82) is 0 Å². The van der Waals surface area contributed by atoms with Crippen LogP contribution in [0.3, 0.4) is 0 Å².